The lowest BCUT2D eigenvalue weighted by Gasteiger charge is -2.16. The highest BCUT2D eigenvalue weighted by Crippen LogP contribution is 2.50. The van der Waals surface area contributed by atoms with Gasteiger partial charge in [0.25, 0.3) is 0 Å². The van der Waals surface area contributed by atoms with Crippen LogP contribution in [0.15, 0.2) is 6.20 Å². The number of aliphatic hydroxyl groups excluding tert-OH is 1. The fraction of sp³-hybridized carbons (Fsp3) is 0.750. The molecule has 1 aliphatic carbocycles. The first-order chi connectivity index (χ1) is 5.73. The fourth-order valence-corrected chi connectivity index (χ4v) is 1.96. The Bertz CT molecular complexity index is 254. The Kier molecular flexibility index (Phi) is 1.88. The van der Waals surface area contributed by atoms with Crippen molar-refractivity contribution in [2.24, 2.45) is 5.41 Å². The van der Waals surface area contributed by atoms with Crippen molar-refractivity contribution in [2.45, 2.75) is 32.3 Å². The molecule has 1 N–H and O–H groups in total. The lowest BCUT2D eigenvalue weighted by Crippen LogP contribution is -2.20. The molecule has 0 radical (unpaired) electrons. The van der Waals surface area contributed by atoms with Gasteiger partial charge >= 0.3 is 0 Å². The summed E-state index contributed by atoms with van der Waals surface area (Å²) in [5, 5.41) is 9.50. The molecule has 12 heavy (non-hydrogen) atoms. The van der Waals surface area contributed by atoms with E-state index in [2.05, 4.69) is 8.75 Å². The first-order valence-electron chi connectivity index (χ1n) is 4.17. The highest BCUT2D eigenvalue weighted by atomic mass is 32.1. The molecule has 0 aliphatic heterocycles. The second kappa shape index (κ2) is 2.78. The van der Waals surface area contributed by atoms with E-state index >= 15 is 0 Å². The Morgan fingerprint density at radius 2 is 2.50 bits per heavy atom. The van der Waals surface area contributed by atoms with Gasteiger partial charge in [0, 0.05) is 11.8 Å². The Morgan fingerprint density at radius 1 is 1.75 bits per heavy atom. The first-order valence-corrected chi connectivity index (χ1v) is 4.90. The number of hydrogen-bond acceptors (Lipinski definition) is 4. The Balaban J connectivity index is 2.04. The van der Waals surface area contributed by atoms with Crippen LogP contribution in [0.5, 0.6) is 0 Å². The average Bonchev–Trinajstić information content (AvgIpc) is 2.60. The van der Waals surface area contributed by atoms with Crippen LogP contribution in [0.4, 0.5) is 0 Å². The van der Waals surface area contributed by atoms with E-state index in [1.54, 1.807) is 6.20 Å². The molecule has 1 atom stereocenters. The van der Waals surface area contributed by atoms with Crippen LogP contribution in [0.25, 0.3) is 0 Å². The van der Waals surface area contributed by atoms with E-state index in [-0.39, 0.29) is 11.5 Å². The predicted molar refractivity (Wildman–Crippen MR) is 47.0 cm³/mol. The van der Waals surface area contributed by atoms with Gasteiger partial charge in [-0.05, 0) is 19.8 Å². The van der Waals surface area contributed by atoms with Crippen LogP contribution in [-0.2, 0) is 6.42 Å². The summed E-state index contributed by atoms with van der Waals surface area (Å²) in [6, 6.07) is 0. The van der Waals surface area contributed by atoms with E-state index in [9.17, 15) is 5.11 Å². The zero-order valence-electron chi connectivity index (χ0n) is 7.03. The van der Waals surface area contributed by atoms with E-state index in [0.717, 1.165) is 25.0 Å². The Labute approximate surface area is 75.8 Å². The van der Waals surface area contributed by atoms with Gasteiger partial charge in [0.05, 0.1) is 29.7 Å². The molecule has 2 rings (SSSR count). The Morgan fingerprint density at radius 3 is 2.92 bits per heavy atom. The topological polar surface area (TPSA) is 46.0 Å². The Hall–Kier alpha value is -0.480. The predicted octanol–water partition coefficient (Wildman–Crippen LogP) is 1.24. The number of aromatic nitrogens is 2. The second-order valence-corrected chi connectivity index (χ2v) is 4.17. The van der Waals surface area contributed by atoms with E-state index in [4.69, 9.17) is 0 Å². The molecule has 0 saturated heterocycles. The first kappa shape index (κ1) is 8.13. The van der Waals surface area contributed by atoms with Crippen molar-refractivity contribution in [1.82, 2.24) is 8.75 Å². The summed E-state index contributed by atoms with van der Waals surface area (Å²) in [5.74, 6) is 0. The molecular formula is C8H12N2OS. The summed E-state index contributed by atoms with van der Waals surface area (Å²) < 4.78 is 8.09. The molecule has 1 aliphatic rings. The van der Waals surface area contributed by atoms with Gasteiger partial charge in [0.1, 0.15) is 0 Å². The van der Waals surface area contributed by atoms with Crippen molar-refractivity contribution in [3.05, 3.63) is 11.9 Å². The van der Waals surface area contributed by atoms with Gasteiger partial charge in [-0.2, -0.15) is 8.75 Å². The third-order valence-electron chi connectivity index (χ3n) is 2.72. The van der Waals surface area contributed by atoms with Crippen LogP contribution in [0.1, 0.15) is 25.5 Å². The second-order valence-electron chi connectivity index (χ2n) is 3.61. The van der Waals surface area contributed by atoms with E-state index in [1.807, 2.05) is 6.92 Å². The van der Waals surface area contributed by atoms with E-state index in [0.29, 0.717) is 0 Å². The molecule has 0 spiro atoms. The number of hydrogen-bond donors (Lipinski definition) is 1. The quantitative estimate of drug-likeness (QED) is 0.768. The molecule has 1 fully saturated rings. The average molecular weight is 184 g/mol. The minimum absolute atomic E-state index is 0.135. The third-order valence-corrected chi connectivity index (χ3v) is 3.23. The van der Waals surface area contributed by atoms with Crippen molar-refractivity contribution in [2.75, 3.05) is 0 Å². The zero-order chi connectivity index (χ0) is 8.60. The minimum atomic E-state index is -0.209. The number of nitrogens with zero attached hydrogens (tertiary/aromatic N) is 2. The molecule has 0 bridgehead atoms. The van der Waals surface area contributed by atoms with Gasteiger partial charge in [-0.15, -0.1) is 0 Å². The monoisotopic (exact) mass is 184 g/mol. The van der Waals surface area contributed by atoms with Gasteiger partial charge in [-0.3, -0.25) is 0 Å². The molecule has 1 saturated carbocycles. The van der Waals surface area contributed by atoms with Crippen molar-refractivity contribution in [3.63, 3.8) is 0 Å². The summed E-state index contributed by atoms with van der Waals surface area (Å²) in [4.78, 5) is 0. The molecule has 1 aromatic rings. The van der Waals surface area contributed by atoms with Crippen molar-refractivity contribution < 1.29 is 5.11 Å². The van der Waals surface area contributed by atoms with Gasteiger partial charge < -0.3 is 5.11 Å². The largest absolute Gasteiger partial charge is 0.393 e. The summed E-state index contributed by atoms with van der Waals surface area (Å²) in [6.45, 7) is 1.87. The summed E-state index contributed by atoms with van der Waals surface area (Å²) in [7, 11) is 0. The van der Waals surface area contributed by atoms with Crippen LogP contribution in [0, 0.1) is 5.41 Å². The van der Waals surface area contributed by atoms with Crippen LogP contribution in [0.3, 0.4) is 0 Å². The normalized spacial score (nSPS) is 22.2. The molecule has 1 aromatic heterocycles. The third kappa shape index (κ3) is 1.36. The maximum Gasteiger partial charge on any atom is 0.0749 e. The van der Waals surface area contributed by atoms with Gasteiger partial charge in [-0.25, -0.2) is 0 Å². The summed E-state index contributed by atoms with van der Waals surface area (Å²) in [5.41, 5.74) is 1.16. The van der Waals surface area contributed by atoms with E-state index in [1.165, 1.54) is 11.7 Å². The SMILES string of the molecule is CC(O)C1(Cc2cnsn2)CC1. The van der Waals surface area contributed by atoms with Crippen LogP contribution < -0.4 is 0 Å². The number of rotatable bonds is 3. The van der Waals surface area contributed by atoms with Gasteiger partial charge in [-0.1, -0.05) is 0 Å². The van der Waals surface area contributed by atoms with Crippen molar-refractivity contribution in [3.8, 4) is 0 Å². The molecule has 66 valence electrons. The van der Waals surface area contributed by atoms with E-state index < -0.39 is 0 Å². The molecule has 0 aromatic carbocycles. The van der Waals surface area contributed by atoms with Crippen LogP contribution in [0.2, 0.25) is 0 Å². The zero-order valence-corrected chi connectivity index (χ0v) is 7.84. The van der Waals surface area contributed by atoms with Crippen LogP contribution in [-0.4, -0.2) is 20.0 Å². The summed E-state index contributed by atoms with van der Waals surface area (Å²) >= 11 is 1.24. The van der Waals surface area contributed by atoms with Crippen LogP contribution >= 0.6 is 11.7 Å². The number of aliphatic hydroxyl groups is 1. The highest BCUT2D eigenvalue weighted by Gasteiger charge is 2.47. The van der Waals surface area contributed by atoms with Gasteiger partial charge in [0.15, 0.2) is 0 Å². The fourth-order valence-electron chi connectivity index (χ4n) is 1.53. The summed E-state index contributed by atoms with van der Waals surface area (Å²) in [6.07, 6.45) is 4.73. The minimum Gasteiger partial charge on any atom is -0.393 e. The molecule has 0 amide bonds. The maximum atomic E-state index is 9.50. The molecule has 3 nitrogen and oxygen atoms in total. The highest BCUT2D eigenvalue weighted by molar-refractivity contribution is 6.99. The molecule has 1 unspecified atom stereocenters. The smallest absolute Gasteiger partial charge is 0.0749 e. The van der Waals surface area contributed by atoms with Gasteiger partial charge in [0.2, 0.25) is 0 Å². The lowest BCUT2D eigenvalue weighted by atomic mass is 9.95. The maximum absolute atomic E-state index is 9.50. The standard InChI is InChI=1S/C8H12N2OS/c1-6(11)8(2-3-8)4-7-5-9-12-10-7/h5-6,11H,2-4H2,1H3. The lowest BCUT2D eigenvalue weighted by molar-refractivity contribution is 0.110. The van der Waals surface area contributed by atoms with Crippen molar-refractivity contribution >= 4 is 11.7 Å². The molecular weight excluding hydrogens is 172 g/mol. The van der Waals surface area contributed by atoms with Crippen molar-refractivity contribution in [1.29, 1.82) is 0 Å². The molecule has 1 heterocycles. The molecule has 4 heteroatoms.